The van der Waals surface area contributed by atoms with Crippen molar-refractivity contribution < 1.29 is 4.79 Å². The number of carbonyl (C=O) groups excluding carboxylic acids is 1. The molecule has 3 heteroatoms. The first-order valence-electron chi connectivity index (χ1n) is 8.04. The molecule has 0 N–H and O–H groups in total. The van der Waals surface area contributed by atoms with E-state index in [-0.39, 0.29) is 5.91 Å². The fraction of sp³-hybridized carbons (Fsp3) is 0.300. The topological polar surface area (TPSA) is 32.7 Å². The summed E-state index contributed by atoms with van der Waals surface area (Å²) >= 11 is 0. The van der Waals surface area contributed by atoms with Gasteiger partial charge in [0.15, 0.2) is 0 Å². The molecular formula is C20H22N2O. The first-order chi connectivity index (χ1) is 11.0. The van der Waals surface area contributed by atoms with Gasteiger partial charge in [0.1, 0.15) is 0 Å². The molecule has 0 aliphatic carbocycles. The third-order valence-electron chi connectivity index (χ3n) is 4.37. The Labute approximate surface area is 137 Å². The van der Waals surface area contributed by atoms with E-state index in [9.17, 15) is 4.79 Å². The molecule has 1 aliphatic heterocycles. The van der Waals surface area contributed by atoms with Crippen molar-refractivity contribution in [3.8, 4) is 0 Å². The van der Waals surface area contributed by atoms with Crippen LogP contribution < -0.4 is 0 Å². The molecule has 1 amide bonds. The Morgan fingerprint density at radius 3 is 2.39 bits per heavy atom. The van der Waals surface area contributed by atoms with Crippen LogP contribution in [0.4, 0.5) is 0 Å². The van der Waals surface area contributed by atoms with Crippen molar-refractivity contribution in [2.45, 2.75) is 33.6 Å². The van der Waals surface area contributed by atoms with Crippen molar-refractivity contribution in [2.75, 3.05) is 6.54 Å². The van der Waals surface area contributed by atoms with Gasteiger partial charge in [-0.2, -0.15) is 5.10 Å². The van der Waals surface area contributed by atoms with Gasteiger partial charge in [-0.25, -0.2) is 5.01 Å². The Morgan fingerprint density at radius 1 is 1.09 bits per heavy atom. The maximum Gasteiger partial charge on any atom is 0.247 e. The highest BCUT2D eigenvalue weighted by atomic mass is 16.2. The second-order valence-corrected chi connectivity index (χ2v) is 6.23. The van der Waals surface area contributed by atoms with Crippen molar-refractivity contribution in [1.82, 2.24) is 5.01 Å². The monoisotopic (exact) mass is 306 g/mol. The highest BCUT2D eigenvalue weighted by Crippen LogP contribution is 2.20. The number of benzene rings is 2. The van der Waals surface area contributed by atoms with E-state index in [1.54, 1.807) is 5.01 Å². The van der Waals surface area contributed by atoms with Crippen LogP contribution in [0.2, 0.25) is 0 Å². The van der Waals surface area contributed by atoms with E-state index in [0.717, 1.165) is 23.3 Å². The van der Waals surface area contributed by atoms with E-state index in [1.807, 2.05) is 30.3 Å². The molecule has 1 aliphatic rings. The fourth-order valence-electron chi connectivity index (χ4n) is 3.20. The lowest BCUT2D eigenvalue weighted by atomic mass is 9.97. The molecule has 0 saturated carbocycles. The van der Waals surface area contributed by atoms with Crippen LogP contribution in [0.5, 0.6) is 0 Å². The lowest BCUT2D eigenvalue weighted by Gasteiger charge is -2.15. The molecule has 3 nitrogen and oxygen atoms in total. The molecule has 2 aromatic carbocycles. The number of rotatable bonds is 3. The van der Waals surface area contributed by atoms with Crippen LogP contribution in [0.15, 0.2) is 47.6 Å². The van der Waals surface area contributed by atoms with E-state index in [4.69, 9.17) is 0 Å². The number of carbonyl (C=O) groups is 1. The van der Waals surface area contributed by atoms with Gasteiger partial charge >= 0.3 is 0 Å². The Balaban J connectivity index is 1.77. The van der Waals surface area contributed by atoms with Gasteiger partial charge in [0, 0.05) is 6.42 Å². The average Bonchev–Trinajstić information content (AvgIpc) is 3.01. The van der Waals surface area contributed by atoms with E-state index in [2.05, 4.69) is 38.0 Å². The Kier molecular flexibility index (Phi) is 4.28. The van der Waals surface area contributed by atoms with Crippen LogP contribution in [0.25, 0.3) is 0 Å². The minimum atomic E-state index is 0.0750. The van der Waals surface area contributed by atoms with Crippen LogP contribution >= 0.6 is 0 Å². The van der Waals surface area contributed by atoms with Crippen molar-refractivity contribution in [1.29, 1.82) is 0 Å². The molecule has 0 fully saturated rings. The molecule has 0 radical (unpaired) electrons. The number of amides is 1. The van der Waals surface area contributed by atoms with Crippen molar-refractivity contribution in [3.05, 3.63) is 70.3 Å². The highest BCUT2D eigenvalue weighted by Gasteiger charge is 2.22. The number of hydrogen-bond donors (Lipinski definition) is 0. The number of hydrazone groups is 1. The molecule has 2 aromatic rings. The van der Waals surface area contributed by atoms with Crippen LogP contribution in [-0.4, -0.2) is 23.2 Å². The van der Waals surface area contributed by atoms with Gasteiger partial charge in [0.05, 0.1) is 18.7 Å². The number of hydrogen-bond acceptors (Lipinski definition) is 2. The molecule has 0 unspecified atom stereocenters. The number of aryl methyl sites for hydroxylation is 3. The standard InChI is InChI=1S/C20H22N2O/c1-14-11-15(2)18(16(3)12-14)13-20(23)22-10-9-19(21-22)17-7-5-4-6-8-17/h4-8,11-12H,9-10,13H2,1-3H3. The van der Waals surface area contributed by atoms with Gasteiger partial charge in [0.2, 0.25) is 5.91 Å². The van der Waals surface area contributed by atoms with E-state index >= 15 is 0 Å². The van der Waals surface area contributed by atoms with Gasteiger partial charge < -0.3 is 0 Å². The summed E-state index contributed by atoms with van der Waals surface area (Å²) in [6.45, 7) is 6.91. The summed E-state index contributed by atoms with van der Waals surface area (Å²) in [6, 6.07) is 14.4. The van der Waals surface area contributed by atoms with Crippen molar-refractivity contribution >= 4 is 11.6 Å². The number of nitrogens with zero attached hydrogens (tertiary/aromatic N) is 2. The summed E-state index contributed by atoms with van der Waals surface area (Å²) in [4.78, 5) is 12.6. The summed E-state index contributed by atoms with van der Waals surface area (Å²) in [5, 5.41) is 6.16. The van der Waals surface area contributed by atoms with E-state index in [0.29, 0.717) is 13.0 Å². The zero-order chi connectivity index (χ0) is 16.4. The van der Waals surface area contributed by atoms with Crippen LogP contribution in [0.3, 0.4) is 0 Å². The molecule has 0 bridgehead atoms. The predicted octanol–water partition coefficient (Wildman–Crippen LogP) is 3.79. The minimum Gasteiger partial charge on any atom is -0.273 e. The molecule has 0 atom stereocenters. The smallest absolute Gasteiger partial charge is 0.247 e. The van der Waals surface area contributed by atoms with Gasteiger partial charge in [0.25, 0.3) is 0 Å². The molecule has 23 heavy (non-hydrogen) atoms. The molecule has 3 rings (SSSR count). The van der Waals surface area contributed by atoms with E-state index in [1.165, 1.54) is 16.7 Å². The summed E-state index contributed by atoms with van der Waals surface area (Å²) in [5.74, 6) is 0.0750. The molecule has 0 aromatic heterocycles. The van der Waals surface area contributed by atoms with Gasteiger partial charge in [-0.1, -0.05) is 48.0 Å². The molecule has 1 heterocycles. The first kappa shape index (κ1) is 15.5. The Bertz CT molecular complexity index is 739. The SMILES string of the molecule is Cc1cc(C)c(CC(=O)N2CCC(c3ccccc3)=N2)c(C)c1. The lowest BCUT2D eigenvalue weighted by molar-refractivity contribution is -0.130. The van der Waals surface area contributed by atoms with Crippen LogP contribution in [0.1, 0.15) is 34.2 Å². The van der Waals surface area contributed by atoms with Gasteiger partial charge in [-0.05, 0) is 43.0 Å². The molecule has 118 valence electrons. The first-order valence-corrected chi connectivity index (χ1v) is 8.04. The quantitative estimate of drug-likeness (QED) is 0.849. The van der Waals surface area contributed by atoms with E-state index < -0.39 is 0 Å². The van der Waals surface area contributed by atoms with Crippen molar-refractivity contribution in [3.63, 3.8) is 0 Å². The second kappa shape index (κ2) is 6.37. The second-order valence-electron chi connectivity index (χ2n) is 6.23. The lowest BCUT2D eigenvalue weighted by Crippen LogP contribution is -2.25. The minimum absolute atomic E-state index is 0.0750. The van der Waals surface area contributed by atoms with Crippen LogP contribution in [-0.2, 0) is 11.2 Å². The molecule has 0 spiro atoms. The van der Waals surface area contributed by atoms with Gasteiger partial charge in [-0.15, -0.1) is 0 Å². The maximum absolute atomic E-state index is 12.6. The zero-order valence-corrected chi connectivity index (χ0v) is 14.0. The average molecular weight is 306 g/mol. The Hall–Kier alpha value is -2.42. The molecular weight excluding hydrogens is 284 g/mol. The summed E-state index contributed by atoms with van der Waals surface area (Å²) in [6.07, 6.45) is 1.24. The third-order valence-corrected chi connectivity index (χ3v) is 4.37. The normalized spacial score (nSPS) is 14.0. The largest absolute Gasteiger partial charge is 0.273 e. The summed E-state index contributed by atoms with van der Waals surface area (Å²) < 4.78 is 0. The highest BCUT2D eigenvalue weighted by molar-refractivity contribution is 6.02. The van der Waals surface area contributed by atoms with Crippen molar-refractivity contribution in [2.24, 2.45) is 5.10 Å². The maximum atomic E-state index is 12.6. The third kappa shape index (κ3) is 3.34. The molecule has 0 saturated heterocycles. The summed E-state index contributed by atoms with van der Waals surface area (Å²) in [7, 11) is 0. The fourth-order valence-corrected chi connectivity index (χ4v) is 3.20. The Morgan fingerprint density at radius 2 is 1.74 bits per heavy atom. The summed E-state index contributed by atoms with van der Waals surface area (Å²) in [5.41, 5.74) is 6.83. The van der Waals surface area contributed by atoms with Gasteiger partial charge in [-0.3, -0.25) is 4.79 Å². The zero-order valence-electron chi connectivity index (χ0n) is 14.0. The predicted molar refractivity (Wildman–Crippen MR) is 93.7 cm³/mol. The van der Waals surface area contributed by atoms with Crippen LogP contribution in [0, 0.1) is 20.8 Å².